The van der Waals surface area contributed by atoms with E-state index in [1.54, 1.807) is 37.4 Å². The standard InChI is InChI=1S/C24H21N3O4/c1-14-11-18(16(3)27(14)20-9-6-8-19(15(20)2)24(29)30)13-25-26-23(28)22-12-17-7-4-5-10-21(17)31-22/h4-13H,1-3H3,(H,26,28)(H,29,30)/b25-13-. The number of carbonyl (C=O) groups excluding carboxylic acids is 1. The fourth-order valence-electron chi connectivity index (χ4n) is 3.70. The number of hydrogen-bond acceptors (Lipinski definition) is 4. The van der Waals surface area contributed by atoms with E-state index >= 15 is 0 Å². The minimum atomic E-state index is -0.961. The van der Waals surface area contributed by atoms with Crippen LogP contribution in [0.4, 0.5) is 0 Å². The van der Waals surface area contributed by atoms with Crippen molar-refractivity contribution in [1.29, 1.82) is 0 Å². The Morgan fingerprint density at radius 2 is 1.84 bits per heavy atom. The Kier molecular flexibility index (Phi) is 5.17. The number of benzene rings is 2. The van der Waals surface area contributed by atoms with E-state index in [9.17, 15) is 14.7 Å². The molecule has 0 aliphatic rings. The van der Waals surface area contributed by atoms with Gasteiger partial charge in [-0.05, 0) is 56.7 Å². The van der Waals surface area contributed by atoms with Gasteiger partial charge in [0.25, 0.3) is 0 Å². The number of hydrogen-bond donors (Lipinski definition) is 2. The zero-order valence-electron chi connectivity index (χ0n) is 17.3. The number of furan rings is 1. The van der Waals surface area contributed by atoms with Gasteiger partial charge >= 0.3 is 11.9 Å². The van der Waals surface area contributed by atoms with Gasteiger partial charge in [0.15, 0.2) is 5.76 Å². The summed E-state index contributed by atoms with van der Waals surface area (Å²) in [6, 6.07) is 16.2. The molecule has 4 aromatic rings. The first kappa shape index (κ1) is 20.2. The van der Waals surface area contributed by atoms with Crippen LogP contribution in [0.5, 0.6) is 0 Å². The highest BCUT2D eigenvalue weighted by atomic mass is 16.4. The number of nitrogens with zero attached hydrogens (tertiary/aromatic N) is 2. The first-order valence-electron chi connectivity index (χ1n) is 9.71. The van der Waals surface area contributed by atoms with Crippen LogP contribution in [0.15, 0.2) is 64.1 Å². The third kappa shape index (κ3) is 3.73. The van der Waals surface area contributed by atoms with E-state index in [1.807, 2.05) is 48.7 Å². The summed E-state index contributed by atoms with van der Waals surface area (Å²) in [5.41, 5.74) is 7.47. The number of para-hydroxylation sites is 1. The lowest BCUT2D eigenvalue weighted by Crippen LogP contribution is -2.16. The molecule has 2 aromatic heterocycles. The monoisotopic (exact) mass is 415 g/mol. The van der Waals surface area contributed by atoms with E-state index < -0.39 is 11.9 Å². The Morgan fingerprint density at radius 3 is 2.58 bits per heavy atom. The zero-order valence-corrected chi connectivity index (χ0v) is 17.3. The van der Waals surface area contributed by atoms with Crippen LogP contribution in [0.2, 0.25) is 0 Å². The maximum Gasteiger partial charge on any atom is 0.336 e. The molecule has 0 fully saturated rings. The molecule has 0 saturated carbocycles. The minimum Gasteiger partial charge on any atom is -0.478 e. The van der Waals surface area contributed by atoms with Gasteiger partial charge in [0.2, 0.25) is 0 Å². The number of rotatable bonds is 5. The van der Waals surface area contributed by atoms with Crippen molar-refractivity contribution in [2.75, 3.05) is 0 Å². The number of fused-ring (bicyclic) bond motifs is 1. The van der Waals surface area contributed by atoms with E-state index in [2.05, 4.69) is 10.5 Å². The molecule has 0 spiro atoms. The number of amides is 1. The number of carbonyl (C=O) groups is 2. The Labute approximate surface area is 178 Å². The second-order valence-corrected chi connectivity index (χ2v) is 7.26. The minimum absolute atomic E-state index is 0.185. The number of aromatic nitrogens is 1. The first-order valence-corrected chi connectivity index (χ1v) is 9.71. The largest absolute Gasteiger partial charge is 0.478 e. The number of aryl methyl sites for hydroxylation is 1. The highest BCUT2D eigenvalue weighted by Gasteiger charge is 2.16. The normalized spacial score (nSPS) is 11.3. The molecule has 31 heavy (non-hydrogen) atoms. The average molecular weight is 415 g/mol. The smallest absolute Gasteiger partial charge is 0.336 e. The highest BCUT2D eigenvalue weighted by Crippen LogP contribution is 2.24. The van der Waals surface area contributed by atoms with Crippen molar-refractivity contribution >= 4 is 29.1 Å². The van der Waals surface area contributed by atoms with Crippen LogP contribution in [0.3, 0.4) is 0 Å². The number of carboxylic acid groups (broad SMARTS) is 1. The van der Waals surface area contributed by atoms with Gasteiger partial charge in [-0.1, -0.05) is 24.3 Å². The van der Waals surface area contributed by atoms with Crippen molar-refractivity contribution in [3.63, 3.8) is 0 Å². The van der Waals surface area contributed by atoms with Crippen molar-refractivity contribution in [3.05, 3.63) is 88.4 Å². The quantitative estimate of drug-likeness (QED) is 0.367. The van der Waals surface area contributed by atoms with Crippen LogP contribution in [0.25, 0.3) is 16.7 Å². The van der Waals surface area contributed by atoms with Gasteiger partial charge in [-0.3, -0.25) is 4.79 Å². The predicted octanol–water partition coefficient (Wildman–Crippen LogP) is 4.61. The summed E-state index contributed by atoms with van der Waals surface area (Å²) >= 11 is 0. The highest BCUT2D eigenvalue weighted by molar-refractivity contribution is 5.96. The fourth-order valence-corrected chi connectivity index (χ4v) is 3.70. The van der Waals surface area contributed by atoms with Crippen molar-refractivity contribution in [1.82, 2.24) is 9.99 Å². The summed E-state index contributed by atoms with van der Waals surface area (Å²) in [6.45, 7) is 5.64. The Hall–Kier alpha value is -4.13. The summed E-state index contributed by atoms with van der Waals surface area (Å²) in [7, 11) is 0. The van der Waals surface area contributed by atoms with Gasteiger partial charge < -0.3 is 14.1 Å². The molecule has 7 heteroatoms. The lowest BCUT2D eigenvalue weighted by Gasteiger charge is -2.14. The van der Waals surface area contributed by atoms with Crippen molar-refractivity contribution in [3.8, 4) is 5.69 Å². The van der Waals surface area contributed by atoms with Gasteiger partial charge in [0, 0.05) is 28.0 Å². The summed E-state index contributed by atoms with van der Waals surface area (Å²) in [6.07, 6.45) is 1.57. The molecule has 0 saturated heterocycles. The van der Waals surface area contributed by atoms with Crippen molar-refractivity contribution in [2.45, 2.75) is 20.8 Å². The molecule has 0 unspecified atom stereocenters. The molecule has 156 valence electrons. The second-order valence-electron chi connectivity index (χ2n) is 7.26. The van der Waals surface area contributed by atoms with Crippen LogP contribution in [-0.2, 0) is 0 Å². The van der Waals surface area contributed by atoms with Gasteiger partial charge in [-0.15, -0.1) is 0 Å². The molecule has 0 bridgehead atoms. The van der Waals surface area contributed by atoms with E-state index in [0.29, 0.717) is 11.1 Å². The number of carboxylic acids is 1. The van der Waals surface area contributed by atoms with Crippen LogP contribution in [-0.4, -0.2) is 27.8 Å². The number of aromatic carboxylic acids is 1. The Morgan fingerprint density at radius 1 is 1.06 bits per heavy atom. The summed E-state index contributed by atoms with van der Waals surface area (Å²) in [5.74, 6) is -1.21. The number of nitrogens with one attached hydrogen (secondary N) is 1. The molecule has 0 radical (unpaired) electrons. The first-order chi connectivity index (χ1) is 14.9. The van der Waals surface area contributed by atoms with Gasteiger partial charge in [-0.2, -0.15) is 5.10 Å². The topological polar surface area (TPSA) is 96.8 Å². The van der Waals surface area contributed by atoms with Crippen LogP contribution in [0.1, 0.15) is 43.4 Å². The molecule has 7 nitrogen and oxygen atoms in total. The molecule has 0 aliphatic heterocycles. The van der Waals surface area contributed by atoms with Crippen molar-refractivity contribution < 1.29 is 19.1 Å². The van der Waals surface area contributed by atoms with Gasteiger partial charge in [-0.25, -0.2) is 10.2 Å². The molecule has 0 aliphatic carbocycles. The SMILES string of the molecule is Cc1c(C(=O)O)cccc1-n1c(C)cc(/C=N\NC(=O)c2cc3ccccc3o2)c1C. The average Bonchev–Trinajstić information content (AvgIpc) is 3.29. The summed E-state index contributed by atoms with van der Waals surface area (Å²) in [4.78, 5) is 23.8. The maximum atomic E-state index is 12.3. The molecular formula is C24H21N3O4. The van der Waals surface area contributed by atoms with Gasteiger partial charge in [0.1, 0.15) is 5.58 Å². The third-order valence-corrected chi connectivity index (χ3v) is 5.27. The molecule has 0 atom stereocenters. The lowest BCUT2D eigenvalue weighted by molar-refractivity contribution is 0.0695. The number of hydrazone groups is 1. The third-order valence-electron chi connectivity index (χ3n) is 5.27. The van der Waals surface area contributed by atoms with Crippen LogP contribution in [0, 0.1) is 20.8 Å². The zero-order chi connectivity index (χ0) is 22.1. The predicted molar refractivity (Wildman–Crippen MR) is 118 cm³/mol. The Bertz CT molecular complexity index is 1310. The van der Waals surface area contributed by atoms with E-state index in [-0.39, 0.29) is 11.3 Å². The van der Waals surface area contributed by atoms with E-state index in [1.165, 1.54) is 0 Å². The lowest BCUT2D eigenvalue weighted by atomic mass is 10.1. The van der Waals surface area contributed by atoms with Gasteiger partial charge in [0.05, 0.1) is 11.8 Å². The van der Waals surface area contributed by atoms with Crippen LogP contribution >= 0.6 is 0 Å². The molecule has 2 heterocycles. The molecule has 2 aromatic carbocycles. The molecular weight excluding hydrogens is 394 g/mol. The second kappa shape index (κ2) is 7.95. The van der Waals surface area contributed by atoms with Crippen molar-refractivity contribution in [2.24, 2.45) is 5.10 Å². The van der Waals surface area contributed by atoms with Crippen LogP contribution < -0.4 is 5.43 Å². The molecule has 1 amide bonds. The summed E-state index contributed by atoms with van der Waals surface area (Å²) < 4.78 is 7.52. The fraction of sp³-hybridized carbons (Fsp3) is 0.125. The molecule has 2 N–H and O–H groups in total. The Balaban J connectivity index is 1.58. The van der Waals surface area contributed by atoms with E-state index in [4.69, 9.17) is 4.42 Å². The summed E-state index contributed by atoms with van der Waals surface area (Å²) in [5, 5.41) is 14.3. The maximum absolute atomic E-state index is 12.3. The van der Waals surface area contributed by atoms with E-state index in [0.717, 1.165) is 28.0 Å². The molecule has 4 rings (SSSR count).